The summed E-state index contributed by atoms with van der Waals surface area (Å²) < 4.78 is 0. The number of hydrogen-bond acceptors (Lipinski definition) is 8. The maximum atomic E-state index is 13.3. The van der Waals surface area contributed by atoms with E-state index in [0.717, 1.165) is 0 Å². The van der Waals surface area contributed by atoms with Crippen molar-refractivity contribution >= 4 is 35.5 Å². The number of imidazole rings is 1. The normalized spacial score (nSPS) is 15.2. The molecule has 0 aromatic carbocycles. The van der Waals surface area contributed by atoms with Crippen LogP contribution in [0.4, 0.5) is 0 Å². The first-order valence-electron chi connectivity index (χ1n) is 12.2. The molecular formula is C23H41N7O5S. The van der Waals surface area contributed by atoms with Crippen LogP contribution in [0.3, 0.4) is 0 Å². The molecule has 0 fully saturated rings. The summed E-state index contributed by atoms with van der Waals surface area (Å²) in [6.07, 6.45) is 7.33. The van der Waals surface area contributed by atoms with Crippen molar-refractivity contribution in [2.24, 2.45) is 17.4 Å². The van der Waals surface area contributed by atoms with Gasteiger partial charge in [0.2, 0.25) is 17.7 Å². The Morgan fingerprint density at radius 2 is 1.69 bits per heavy atom. The number of rotatable bonds is 18. The van der Waals surface area contributed by atoms with Gasteiger partial charge in [0.25, 0.3) is 0 Å². The Morgan fingerprint density at radius 1 is 1.06 bits per heavy atom. The zero-order valence-electron chi connectivity index (χ0n) is 21.3. The van der Waals surface area contributed by atoms with Crippen molar-refractivity contribution in [1.82, 2.24) is 25.9 Å². The van der Waals surface area contributed by atoms with E-state index >= 15 is 0 Å². The number of H-pyrrole nitrogens is 1. The fourth-order valence-electron chi connectivity index (χ4n) is 3.41. The maximum absolute atomic E-state index is 13.3. The van der Waals surface area contributed by atoms with Gasteiger partial charge in [-0.05, 0) is 50.2 Å². The van der Waals surface area contributed by atoms with E-state index in [0.29, 0.717) is 37.3 Å². The lowest BCUT2D eigenvalue weighted by Crippen LogP contribution is -2.58. The molecule has 5 unspecified atom stereocenters. The number of nitrogens with zero attached hydrogens (tertiary/aromatic N) is 1. The second kappa shape index (κ2) is 16.9. The summed E-state index contributed by atoms with van der Waals surface area (Å²) in [6, 6.07) is -3.90. The predicted molar refractivity (Wildman–Crippen MR) is 139 cm³/mol. The van der Waals surface area contributed by atoms with Gasteiger partial charge in [-0.25, -0.2) is 9.78 Å². The lowest BCUT2D eigenvalue weighted by Gasteiger charge is -2.26. The molecule has 0 aliphatic heterocycles. The van der Waals surface area contributed by atoms with Gasteiger partial charge in [-0.3, -0.25) is 14.4 Å². The van der Waals surface area contributed by atoms with Crippen molar-refractivity contribution in [2.75, 3.05) is 18.6 Å². The molecule has 0 spiro atoms. The Morgan fingerprint density at radius 3 is 2.25 bits per heavy atom. The van der Waals surface area contributed by atoms with Crippen LogP contribution in [-0.4, -0.2) is 81.5 Å². The van der Waals surface area contributed by atoms with Gasteiger partial charge in [0.05, 0.1) is 12.4 Å². The standard InChI is InChI=1S/C23H41N7O5S/c1-4-14(2)19(25)22(33)30-18(11-15-12-26-13-27-15)21(32)28-16(7-5-6-9-24)20(31)29-17(23(34)35)8-10-36-3/h12-14,16-19H,4-11,24-25H2,1-3H3,(H,26,27)(H,28,32)(H,29,31)(H,30,33)(H,34,35). The molecule has 5 atom stereocenters. The largest absolute Gasteiger partial charge is 0.480 e. The Labute approximate surface area is 216 Å². The van der Waals surface area contributed by atoms with Crippen molar-refractivity contribution in [2.45, 2.75) is 76.5 Å². The number of carbonyl (C=O) groups is 4. The predicted octanol–water partition coefficient (Wildman–Crippen LogP) is -0.253. The van der Waals surface area contributed by atoms with Gasteiger partial charge in [0.15, 0.2) is 0 Å². The van der Waals surface area contributed by atoms with Gasteiger partial charge in [-0.15, -0.1) is 0 Å². The minimum absolute atomic E-state index is 0.0927. The highest BCUT2D eigenvalue weighted by Gasteiger charge is 2.31. The minimum atomic E-state index is -1.15. The average molecular weight is 528 g/mol. The first kappa shape index (κ1) is 31.4. The highest BCUT2D eigenvalue weighted by molar-refractivity contribution is 7.98. The molecule has 1 heterocycles. The lowest BCUT2D eigenvalue weighted by molar-refractivity contribution is -0.142. The fourth-order valence-corrected chi connectivity index (χ4v) is 3.88. The Balaban J connectivity index is 3.04. The highest BCUT2D eigenvalue weighted by Crippen LogP contribution is 2.09. The number of nitrogens with two attached hydrogens (primary N) is 2. The third kappa shape index (κ3) is 11.0. The Kier molecular flexibility index (Phi) is 14.8. The van der Waals surface area contributed by atoms with Crippen LogP contribution in [0.5, 0.6) is 0 Å². The monoisotopic (exact) mass is 527 g/mol. The Hall–Kier alpha value is -2.64. The third-order valence-corrected chi connectivity index (χ3v) is 6.62. The van der Waals surface area contributed by atoms with E-state index in [2.05, 4.69) is 25.9 Å². The van der Waals surface area contributed by atoms with E-state index in [-0.39, 0.29) is 25.2 Å². The van der Waals surface area contributed by atoms with E-state index in [1.165, 1.54) is 24.3 Å². The van der Waals surface area contributed by atoms with Gasteiger partial charge >= 0.3 is 5.97 Å². The fraction of sp³-hybridized carbons (Fsp3) is 0.696. The molecule has 1 aromatic rings. The first-order chi connectivity index (χ1) is 17.1. The maximum Gasteiger partial charge on any atom is 0.326 e. The number of aromatic nitrogens is 2. The van der Waals surface area contributed by atoms with Gasteiger partial charge in [-0.1, -0.05) is 20.3 Å². The number of carbonyl (C=O) groups excluding carboxylic acids is 3. The van der Waals surface area contributed by atoms with Crippen molar-refractivity contribution in [1.29, 1.82) is 0 Å². The summed E-state index contributed by atoms with van der Waals surface area (Å²) >= 11 is 1.47. The van der Waals surface area contributed by atoms with Gasteiger partial charge in [0, 0.05) is 18.3 Å². The number of thioether (sulfide) groups is 1. The van der Waals surface area contributed by atoms with Crippen LogP contribution in [-0.2, 0) is 25.6 Å². The quantitative estimate of drug-likeness (QED) is 0.125. The molecule has 9 N–H and O–H groups in total. The molecule has 13 heteroatoms. The smallest absolute Gasteiger partial charge is 0.326 e. The lowest BCUT2D eigenvalue weighted by atomic mass is 9.98. The molecule has 0 aliphatic carbocycles. The second-order valence-electron chi connectivity index (χ2n) is 8.78. The number of unbranched alkanes of at least 4 members (excludes halogenated alkanes) is 1. The van der Waals surface area contributed by atoms with E-state index in [1.807, 2.05) is 20.1 Å². The van der Waals surface area contributed by atoms with Gasteiger partial charge in [0.1, 0.15) is 18.1 Å². The Bertz CT molecular complexity index is 824. The summed E-state index contributed by atoms with van der Waals surface area (Å²) in [5.74, 6) is -2.35. The molecule has 0 bridgehead atoms. The molecule has 204 valence electrons. The van der Waals surface area contributed by atoms with Crippen molar-refractivity contribution in [3.8, 4) is 0 Å². The van der Waals surface area contributed by atoms with Crippen LogP contribution in [0.25, 0.3) is 0 Å². The number of nitrogens with one attached hydrogen (secondary N) is 4. The second-order valence-corrected chi connectivity index (χ2v) is 9.77. The zero-order chi connectivity index (χ0) is 27.1. The molecule has 0 radical (unpaired) electrons. The summed E-state index contributed by atoms with van der Waals surface area (Å²) in [6.45, 7) is 4.18. The summed E-state index contributed by atoms with van der Waals surface area (Å²) in [5, 5.41) is 17.4. The topological polar surface area (TPSA) is 205 Å². The molecule has 0 aliphatic rings. The van der Waals surface area contributed by atoms with Crippen LogP contribution in [0.2, 0.25) is 0 Å². The molecule has 36 heavy (non-hydrogen) atoms. The van der Waals surface area contributed by atoms with E-state index in [9.17, 15) is 24.3 Å². The van der Waals surface area contributed by atoms with Crippen LogP contribution in [0.1, 0.15) is 51.6 Å². The van der Waals surface area contributed by atoms with E-state index in [1.54, 1.807) is 0 Å². The molecule has 12 nitrogen and oxygen atoms in total. The van der Waals surface area contributed by atoms with Gasteiger partial charge in [-0.2, -0.15) is 11.8 Å². The minimum Gasteiger partial charge on any atom is -0.480 e. The first-order valence-corrected chi connectivity index (χ1v) is 13.6. The number of carboxylic acid groups (broad SMARTS) is 1. The van der Waals surface area contributed by atoms with Crippen molar-refractivity contribution in [3.63, 3.8) is 0 Å². The van der Waals surface area contributed by atoms with Crippen molar-refractivity contribution < 1.29 is 24.3 Å². The summed E-state index contributed by atoms with van der Waals surface area (Å²) in [5.41, 5.74) is 12.2. The average Bonchev–Trinajstić information content (AvgIpc) is 3.37. The third-order valence-electron chi connectivity index (χ3n) is 5.98. The van der Waals surface area contributed by atoms with Crippen LogP contribution < -0.4 is 27.4 Å². The summed E-state index contributed by atoms with van der Waals surface area (Å²) in [7, 11) is 0. The number of carboxylic acids is 1. The highest BCUT2D eigenvalue weighted by atomic mass is 32.2. The summed E-state index contributed by atoms with van der Waals surface area (Å²) in [4.78, 5) is 57.5. The molecular weight excluding hydrogens is 486 g/mol. The SMILES string of the molecule is CCC(C)C(N)C(=O)NC(Cc1cnc[nH]1)C(=O)NC(CCCCN)C(=O)NC(CCSC)C(=O)O. The molecule has 0 saturated heterocycles. The number of aliphatic carboxylic acids is 1. The molecule has 3 amide bonds. The van der Waals surface area contributed by atoms with Crippen LogP contribution in [0, 0.1) is 5.92 Å². The van der Waals surface area contributed by atoms with E-state index in [4.69, 9.17) is 11.5 Å². The number of hydrogen-bond donors (Lipinski definition) is 7. The van der Waals surface area contributed by atoms with Crippen LogP contribution in [0.15, 0.2) is 12.5 Å². The van der Waals surface area contributed by atoms with E-state index < -0.39 is 47.9 Å². The molecule has 0 saturated carbocycles. The number of amides is 3. The number of aromatic amines is 1. The van der Waals surface area contributed by atoms with Crippen molar-refractivity contribution in [3.05, 3.63) is 18.2 Å². The molecule has 1 aromatic heterocycles. The van der Waals surface area contributed by atoms with Gasteiger partial charge < -0.3 is 37.5 Å². The molecule has 1 rings (SSSR count). The zero-order valence-corrected chi connectivity index (χ0v) is 22.1. The van der Waals surface area contributed by atoms with Crippen LogP contribution >= 0.6 is 11.8 Å².